The third-order valence-electron chi connectivity index (χ3n) is 4.34. The molecular weight excluding hydrogens is 378 g/mol. The molecule has 0 fully saturated rings. The van der Waals surface area contributed by atoms with Crippen molar-refractivity contribution in [3.05, 3.63) is 71.8 Å². The molecule has 0 spiro atoms. The zero-order valence-corrected chi connectivity index (χ0v) is 16.1. The van der Waals surface area contributed by atoms with Crippen LogP contribution in [0.25, 0.3) is 0 Å². The molecule has 0 radical (unpaired) electrons. The Hall–Kier alpha value is -2.38. The lowest BCUT2D eigenvalue weighted by atomic mass is 10.2. The molecule has 2 aromatic rings. The van der Waals surface area contributed by atoms with E-state index in [1.807, 2.05) is 60.7 Å². The number of para-hydroxylation sites is 1. The SMILES string of the molecule is O=C(NCc1ccccc1)C1=CCSC1NC(=O)C1Nc2ccccc2S1. The summed E-state index contributed by atoms with van der Waals surface area (Å²) in [6, 6.07) is 17.6. The Morgan fingerprint density at radius 1 is 1.07 bits per heavy atom. The minimum absolute atomic E-state index is 0.114. The first-order chi connectivity index (χ1) is 13.2. The van der Waals surface area contributed by atoms with Crippen LogP contribution in [-0.2, 0) is 16.1 Å². The highest BCUT2D eigenvalue weighted by Gasteiger charge is 2.32. The summed E-state index contributed by atoms with van der Waals surface area (Å²) in [7, 11) is 0. The topological polar surface area (TPSA) is 70.2 Å². The van der Waals surface area contributed by atoms with Crippen LogP contribution in [0.2, 0.25) is 0 Å². The lowest BCUT2D eigenvalue weighted by molar-refractivity contribution is -0.120. The van der Waals surface area contributed by atoms with Gasteiger partial charge in [0.15, 0.2) is 5.37 Å². The number of fused-ring (bicyclic) bond motifs is 1. The van der Waals surface area contributed by atoms with Crippen molar-refractivity contribution in [1.82, 2.24) is 10.6 Å². The Kier molecular flexibility index (Phi) is 5.40. The third kappa shape index (κ3) is 4.14. The molecule has 0 aliphatic carbocycles. The number of hydrogen-bond donors (Lipinski definition) is 3. The zero-order chi connectivity index (χ0) is 18.6. The van der Waals surface area contributed by atoms with Crippen molar-refractivity contribution < 1.29 is 9.59 Å². The van der Waals surface area contributed by atoms with Crippen LogP contribution in [0.4, 0.5) is 5.69 Å². The molecule has 5 nitrogen and oxygen atoms in total. The first kappa shape index (κ1) is 18.0. The standard InChI is InChI=1S/C20H19N3O2S2/c24-17(21-12-13-6-2-1-3-7-13)14-10-11-26-19(14)23-18(25)20-22-15-8-4-5-9-16(15)27-20/h1-10,19-20,22H,11-12H2,(H,21,24)(H,23,25). The number of rotatable bonds is 5. The zero-order valence-electron chi connectivity index (χ0n) is 14.5. The number of amides is 2. The first-order valence-corrected chi connectivity index (χ1v) is 10.6. The predicted molar refractivity (Wildman–Crippen MR) is 110 cm³/mol. The highest BCUT2D eigenvalue weighted by molar-refractivity contribution is 8.01. The number of thioether (sulfide) groups is 2. The lowest BCUT2D eigenvalue weighted by Gasteiger charge is -2.18. The summed E-state index contributed by atoms with van der Waals surface area (Å²) >= 11 is 3.04. The third-order valence-corrected chi connectivity index (χ3v) is 6.58. The van der Waals surface area contributed by atoms with Crippen LogP contribution in [-0.4, -0.2) is 28.3 Å². The van der Waals surface area contributed by atoms with Gasteiger partial charge in [0.25, 0.3) is 5.91 Å². The highest BCUT2D eigenvalue weighted by atomic mass is 32.2. The molecule has 3 N–H and O–H groups in total. The molecule has 0 saturated carbocycles. The minimum atomic E-state index is -0.378. The van der Waals surface area contributed by atoms with Gasteiger partial charge in [-0.15, -0.1) is 11.8 Å². The van der Waals surface area contributed by atoms with Gasteiger partial charge in [-0.1, -0.05) is 60.3 Å². The Morgan fingerprint density at radius 3 is 2.67 bits per heavy atom. The van der Waals surface area contributed by atoms with Crippen LogP contribution in [0.15, 0.2) is 71.1 Å². The fraction of sp³-hybridized carbons (Fsp3) is 0.200. The van der Waals surface area contributed by atoms with Crippen LogP contribution >= 0.6 is 23.5 Å². The number of benzene rings is 2. The van der Waals surface area contributed by atoms with Gasteiger partial charge in [-0.25, -0.2) is 0 Å². The summed E-state index contributed by atoms with van der Waals surface area (Å²) in [6.45, 7) is 0.470. The maximum atomic E-state index is 12.7. The molecule has 0 saturated heterocycles. The summed E-state index contributed by atoms with van der Waals surface area (Å²) in [5, 5.41) is 8.45. The fourth-order valence-corrected chi connectivity index (χ4v) is 5.03. The van der Waals surface area contributed by atoms with Gasteiger partial charge in [0.2, 0.25) is 5.91 Å². The molecule has 4 rings (SSSR count). The summed E-state index contributed by atoms with van der Waals surface area (Å²) in [4.78, 5) is 26.3. The van der Waals surface area contributed by atoms with Gasteiger partial charge in [0.05, 0.1) is 0 Å². The normalized spacial score (nSPS) is 20.4. The summed E-state index contributed by atoms with van der Waals surface area (Å²) in [5.74, 6) is 0.464. The maximum Gasteiger partial charge on any atom is 0.254 e. The van der Waals surface area contributed by atoms with E-state index in [9.17, 15) is 9.59 Å². The number of hydrogen-bond acceptors (Lipinski definition) is 5. The molecule has 2 aliphatic rings. The predicted octanol–water partition coefficient (Wildman–Crippen LogP) is 2.96. The van der Waals surface area contributed by atoms with Crippen LogP contribution < -0.4 is 16.0 Å². The molecular formula is C20H19N3O2S2. The van der Waals surface area contributed by atoms with Gasteiger partial charge in [0, 0.05) is 28.5 Å². The maximum absolute atomic E-state index is 12.7. The van der Waals surface area contributed by atoms with E-state index in [1.54, 1.807) is 11.8 Å². The van der Waals surface area contributed by atoms with Gasteiger partial charge >= 0.3 is 0 Å². The molecule has 138 valence electrons. The second-order valence-electron chi connectivity index (χ2n) is 6.19. The van der Waals surface area contributed by atoms with Crippen molar-refractivity contribution in [2.45, 2.75) is 22.2 Å². The van der Waals surface area contributed by atoms with Gasteiger partial charge < -0.3 is 16.0 Å². The first-order valence-electron chi connectivity index (χ1n) is 8.67. The fourth-order valence-electron chi connectivity index (χ4n) is 2.95. The molecule has 0 bridgehead atoms. The highest BCUT2D eigenvalue weighted by Crippen LogP contribution is 2.38. The molecule has 2 atom stereocenters. The Labute approximate surface area is 166 Å². The van der Waals surface area contributed by atoms with Crippen LogP contribution in [0.1, 0.15) is 5.56 Å². The molecule has 27 heavy (non-hydrogen) atoms. The van der Waals surface area contributed by atoms with E-state index < -0.39 is 0 Å². The van der Waals surface area contributed by atoms with Crippen LogP contribution in [0.5, 0.6) is 0 Å². The van der Waals surface area contributed by atoms with E-state index in [0.717, 1.165) is 16.1 Å². The molecule has 2 aromatic carbocycles. The Balaban J connectivity index is 1.33. The number of anilines is 1. The second-order valence-corrected chi connectivity index (χ2v) is 8.47. The molecule has 2 aliphatic heterocycles. The van der Waals surface area contributed by atoms with E-state index in [0.29, 0.717) is 17.9 Å². The number of nitrogens with one attached hydrogen (secondary N) is 3. The second kappa shape index (κ2) is 8.10. The van der Waals surface area contributed by atoms with Crippen molar-refractivity contribution in [2.75, 3.05) is 11.1 Å². The van der Waals surface area contributed by atoms with E-state index in [4.69, 9.17) is 0 Å². The van der Waals surface area contributed by atoms with Gasteiger partial charge in [-0.2, -0.15) is 0 Å². The van der Waals surface area contributed by atoms with Crippen molar-refractivity contribution >= 4 is 41.0 Å². The van der Waals surface area contributed by atoms with Crippen molar-refractivity contribution in [2.24, 2.45) is 0 Å². The van der Waals surface area contributed by atoms with Crippen LogP contribution in [0.3, 0.4) is 0 Å². The van der Waals surface area contributed by atoms with E-state index in [1.165, 1.54) is 11.8 Å². The Bertz CT molecular complexity index is 861. The van der Waals surface area contributed by atoms with Gasteiger partial charge in [-0.05, 0) is 17.7 Å². The van der Waals surface area contributed by atoms with Gasteiger partial charge in [-0.3, -0.25) is 9.59 Å². The van der Waals surface area contributed by atoms with Crippen LogP contribution in [0, 0.1) is 0 Å². The average molecular weight is 398 g/mol. The van der Waals surface area contributed by atoms with Crippen molar-refractivity contribution in [3.63, 3.8) is 0 Å². The summed E-state index contributed by atoms with van der Waals surface area (Å²) < 4.78 is 0. The van der Waals surface area contributed by atoms with Crippen molar-refractivity contribution in [1.29, 1.82) is 0 Å². The average Bonchev–Trinajstić information content (AvgIpc) is 3.33. The molecule has 7 heteroatoms. The summed E-state index contributed by atoms with van der Waals surface area (Å²) in [6.07, 6.45) is 1.89. The molecule has 2 unspecified atom stereocenters. The quantitative estimate of drug-likeness (QED) is 0.724. The van der Waals surface area contributed by atoms with Gasteiger partial charge in [0.1, 0.15) is 5.37 Å². The van der Waals surface area contributed by atoms with E-state index >= 15 is 0 Å². The molecule has 2 amide bonds. The largest absolute Gasteiger partial charge is 0.364 e. The minimum Gasteiger partial charge on any atom is -0.364 e. The van der Waals surface area contributed by atoms with Crippen molar-refractivity contribution in [3.8, 4) is 0 Å². The smallest absolute Gasteiger partial charge is 0.254 e. The number of carbonyl (C=O) groups is 2. The molecule has 2 heterocycles. The van der Waals surface area contributed by atoms with E-state index in [-0.39, 0.29) is 22.6 Å². The Morgan fingerprint density at radius 2 is 1.85 bits per heavy atom. The summed E-state index contributed by atoms with van der Waals surface area (Å²) in [5.41, 5.74) is 2.63. The molecule has 0 aromatic heterocycles. The lowest BCUT2D eigenvalue weighted by Crippen LogP contribution is -2.43. The van der Waals surface area contributed by atoms with E-state index in [2.05, 4.69) is 16.0 Å². The number of carbonyl (C=O) groups excluding carboxylic acids is 2. The monoisotopic (exact) mass is 397 g/mol.